The van der Waals surface area contributed by atoms with Crippen molar-refractivity contribution in [3.63, 3.8) is 0 Å². The van der Waals surface area contributed by atoms with Gasteiger partial charge in [0, 0.05) is 6.54 Å². The summed E-state index contributed by atoms with van der Waals surface area (Å²) in [4.78, 5) is 14.8. The number of anilines is 1. The smallest absolute Gasteiger partial charge is 0.265 e. The molecule has 0 aliphatic carbocycles. The number of likely N-dealkylation sites (N-methyl/N-ethyl adjacent to an activating group) is 1. The van der Waals surface area contributed by atoms with Crippen molar-refractivity contribution in [1.82, 2.24) is 4.90 Å². The van der Waals surface area contributed by atoms with Gasteiger partial charge >= 0.3 is 0 Å². The third-order valence-electron chi connectivity index (χ3n) is 4.27. The van der Waals surface area contributed by atoms with E-state index in [4.69, 9.17) is 9.47 Å². The molecule has 0 saturated carbocycles. The normalized spacial score (nSPS) is 11.9. The molecule has 0 spiro atoms. The third-order valence-corrected chi connectivity index (χ3v) is 4.89. The Labute approximate surface area is 174 Å². The van der Waals surface area contributed by atoms with Crippen molar-refractivity contribution in [2.75, 3.05) is 31.6 Å². The van der Waals surface area contributed by atoms with Gasteiger partial charge in [0.2, 0.25) is 0 Å². The highest BCUT2D eigenvalue weighted by Gasteiger charge is 2.18. The SMILES string of the molecule is CCN(CC)CCOc1ccccc1NC(=O)C(C)Oc1ccc(F)cc1Br. The largest absolute Gasteiger partial charge is 0.490 e. The van der Waals surface area contributed by atoms with E-state index >= 15 is 0 Å². The first-order valence-electron chi connectivity index (χ1n) is 9.31. The molecule has 2 aromatic rings. The summed E-state index contributed by atoms with van der Waals surface area (Å²) in [6.07, 6.45) is -0.773. The summed E-state index contributed by atoms with van der Waals surface area (Å²) in [5, 5.41) is 2.84. The fraction of sp³-hybridized carbons (Fsp3) is 0.381. The molecule has 0 aliphatic heterocycles. The molecule has 1 unspecified atom stereocenters. The van der Waals surface area contributed by atoms with Gasteiger partial charge in [-0.05, 0) is 66.3 Å². The Kier molecular flexibility index (Phi) is 8.73. The standard InChI is InChI=1S/C21H26BrFN2O3/c1-4-25(5-2)12-13-27-20-9-7-6-8-18(20)24-21(26)15(3)28-19-11-10-16(23)14-17(19)22/h6-11,14-15H,4-5,12-13H2,1-3H3,(H,24,26). The Morgan fingerprint density at radius 2 is 1.89 bits per heavy atom. The number of benzene rings is 2. The molecule has 2 aromatic carbocycles. The summed E-state index contributed by atoms with van der Waals surface area (Å²) in [6.45, 7) is 9.13. The van der Waals surface area contributed by atoms with Crippen LogP contribution in [0.5, 0.6) is 11.5 Å². The summed E-state index contributed by atoms with van der Waals surface area (Å²) in [7, 11) is 0. The molecule has 0 aromatic heterocycles. The summed E-state index contributed by atoms with van der Waals surface area (Å²) in [6, 6.07) is 11.3. The lowest BCUT2D eigenvalue weighted by Gasteiger charge is -2.20. The van der Waals surface area contributed by atoms with Gasteiger partial charge in [0.1, 0.15) is 23.9 Å². The van der Waals surface area contributed by atoms with Crippen molar-refractivity contribution in [3.8, 4) is 11.5 Å². The molecule has 7 heteroatoms. The lowest BCUT2D eigenvalue weighted by Crippen LogP contribution is -2.30. The molecule has 152 valence electrons. The van der Waals surface area contributed by atoms with Crippen LogP contribution >= 0.6 is 15.9 Å². The Hall–Kier alpha value is -2.12. The Morgan fingerprint density at radius 3 is 2.57 bits per heavy atom. The molecule has 1 N–H and O–H groups in total. The van der Waals surface area contributed by atoms with Crippen molar-refractivity contribution in [2.45, 2.75) is 26.9 Å². The molecule has 0 heterocycles. The zero-order valence-corrected chi connectivity index (χ0v) is 18.0. The zero-order chi connectivity index (χ0) is 20.5. The van der Waals surface area contributed by atoms with Crippen LogP contribution < -0.4 is 14.8 Å². The minimum atomic E-state index is -0.773. The van der Waals surface area contributed by atoms with Crippen LogP contribution in [0, 0.1) is 5.82 Å². The van der Waals surface area contributed by atoms with Crippen LogP contribution in [0.3, 0.4) is 0 Å². The summed E-state index contributed by atoms with van der Waals surface area (Å²) in [5.74, 6) is 0.300. The topological polar surface area (TPSA) is 50.8 Å². The summed E-state index contributed by atoms with van der Waals surface area (Å²) in [5.41, 5.74) is 0.584. The monoisotopic (exact) mass is 452 g/mol. The predicted octanol–water partition coefficient (Wildman–Crippen LogP) is 4.71. The maximum Gasteiger partial charge on any atom is 0.265 e. The number of para-hydroxylation sites is 2. The Balaban J connectivity index is 1.97. The van der Waals surface area contributed by atoms with Crippen molar-refractivity contribution >= 4 is 27.5 Å². The highest BCUT2D eigenvalue weighted by Crippen LogP contribution is 2.27. The second-order valence-corrected chi connectivity index (χ2v) is 7.05. The number of carbonyl (C=O) groups is 1. The average Bonchev–Trinajstić information content (AvgIpc) is 2.68. The van der Waals surface area contributed by atoms with E-state index in [1.165, 1.54) is 18.2 Å². The van der Waals surface area contributed by atoms with Gasteiger partial charge in [-0.2, -0.15) is 0 Å². The van der Waals surface area contributed by atoms with E-state index in [0.29, 0.717) is 28.3 Å². The molecular weight excluding hydrogens is 427 g/mol. The molecule has 1 amide bonds. The lowest BCUT2D eigenvalue weighted by molar-refractivity contribution is -0.122. The molecule has 2 rings (SSSR count). The number of hydrogen-bond donors (Lipinski definition) is 1. The minimum Gasteiger partial charge on any atom is -0.490 e. The highest BCUT2D eigenvalue weighted by molar-refractivity contribution is 9.10. The maximum atomic E-state index is 13.2. The second-order valence-electron chi connectivity index (χ2n) is 6.20. The van der Waals surface area contributed by atoms with Gasteiger partial charge in [0.25, 0.3) is 5.91 Å². The number of nitrogens with zero attached hydrogens (tertiary/aromatic N) is 1. The van der Waals surface area contributed by atoms with Crippen LogP contribution in [-0.4, -0.2) is 43.2 Å². The number of hydrogen-bond acceptors (Lipinski definition) is 4. The molecule has 0 bridgehead atoms. The number of halogens is 2. The van der Waals surface area contributed by atoms with Gasteiger partial charge < -0.3 is 19.7 Å². The minimum absolute atomic E-state index is 0.323. The number of carbonyl (C=O) groups excluding carboxylic acids is 1. The highest BCUT2D eigenvalue weighted by atomic mass is 79.9. The van der Waals surface area contributed by atoms with Crippen LogP contribution in [0.1, 0.15) is 20.8 Å². The van der Waals surface area contributed by atoms with Crippen molar-refractivity contribution in [3.05, 3.63) is 52.8 Å². The van der Waals surface area contributed by atoms with Crippen molar-refractivity contribution in [2.24, 2.45) is 0 Å². The number of nitrogens with one attached hydrogen (secondary N) is 1. The maximum absolute atomic E-state index is 13.2. The quantitative estimate of drug-likeness (QED) is 0.566. The summed E-state index contributed by atoms with van der Waals surface area (Å²) >= 11 is 3.23. The van der Waals surface area contributed by atoms with Crippen LogP contribution in [0.25, 0.3) is 0 Å². The van der Waals surface area contributed by atoms with Crippen LogP contribution in [0.2, 0.25) is 0 Å². The molecule has 0 saturated heterocycles. The van der Waals surface area contributed by atoms with Gasteiger partial charge in [0.15, 0.2) is 6.10 Å². The van der Waals surface area contributed by atoms with E-state index in [-0.39, 0.29) is 11.7 Å². The third kappa shape index (κ3) is 6.49. The Morgan fingerprint density at radius 1 is 1.18 bits per heavy atom. The first-order chi connectivity index (χ1) is 13.4. The Bertz CT molecular complexity index is 784. The summed E-state index contributed by atoms with van der Waals surface area (Å²) < 4.78 is 25.1. The lowest BCUT2D eigenvalue weighted by atomic mass is 10.2. The molecule has 28 heavy (non-hydrogen) atoms. The van der Waals surface area contributed by atoms with Gasteiger partial charge in [-0.15, -0.1) is 0 Å². The molecule has 0 fully saturated rings. The first-order valence-corrected chi connectivity index (χ1v) is 10.1. The molecule has 1 atom stereocenters. The van der Waals surface area contributed by atoms with E-state index in [2.05, 4.69) is 40.0 Å². The van der Waals surface area contributed by atoms with E-state index in [0.717, 1.165) is 19.6 Å². The van der Waals surface area contributed by atoms with E-state index in [1.807, 2.05) is 18.2 Å². The fourth-order valence-corrected chi connectivity index (χ4v) is 3.01. The average molecular weight is 453 g/mol. The van der Waals surface area contributed by atoms with E-state index < -0.39 is 6.10 Å². The van der Waals surface area contributed by atoms with E-state index in [1.54, 1.807) is 13.0 Å². The molecular formula is C21H26BrFN2O3. The van der Waals surface area contributed by atoms with Gasteiger partial charge in [-0.1, -0.05) is 26.0 Å². The van der Waals surface area contributed by atoms with Crippen molar-refractivity contribution in [1.29, 1.82) is 0 Å². The first kappa shape index (κ1) is 22.2. The van der Waals surface area contributed by atoms with Gasteiger partial charge in [-0.25, -0.2) is 4.39 Å². The molecule has 0 aliphatic rings. The number of rotatable bonds is 10. The van der Waals surface area contributed by atoms with E-state index in [9.17, 15) is 9.18 Å². The fourth-order valence-electron chi connectivity index (χ4n) is 2.57. The van der Waals surface area contributed by atoms with Crippen LogP contribution in [0.15, 0.2) is 46.9 Å². The molecule has 0 radical (unpaired) electrons. The van der Waals surface area contributed by atoms with Crippen LogP contribution in [-0.2, 0) is 4.79 Å². The van der Waals surface area contributed by atoms with Crippen molar-refractivity contribution < 1.29 is 18.7 Å². The second kappa shape index (κ2) is 11.0. The number of ether oxygens (including phenoxy) is 2. The molecule has 5 nitrogen and oxygen atoms in total. The number of amides is 1. The van der Waals surface area contributed by atoms with Gasteiger partial charge in [0.05, 0.1) is 10.2 Å². The predicted molar refractivity (Wildman–Crippen MR) is 113 cm³/mol. The zero-order valence-electron chi connectivity index (χ0n) is 16.4. The van der Waals surface area contributed by atoms with Gasteiger partial charge in [-0.3, -0.25) is 4.79 Å². The van der Waals surface area contributed by atoms with Crippen LogP contribution in [0.4, 0.5) is 10.1 Å².